The van der Waals surface area contributed by atoms with E-state index < -0.39 is 11.7 Å². The molecule has 2 N–H and O–H groups in total. The number of hydrogen-bond donors (Lipinski definition) is 2. The van der Waals surface area contributed by atoms with Crippen LogP contribution in [0.2, 0.25) is 0 Å². The first-order valence-corrected chi connectivity index (χ1v) is 9.17. The van der Waals surface area contributed by atoms with E-state index in [2.05, 4.69) is 17.0 Å². The minimum Gasteiger partial charge on any atom is -0.394 e. The Hall–Kier alpha value is -3.39. The molecule has 0 radical (unpaired) electrons. The first-order chi connectivity index (χ1) is 14.3. The molecule has 0 atom stereocenters. The number of carbonyl (C=O) groups is 1. The summed E-state index contributed by atoms with van der Waals surface area (Å²) in [4.78, 5) is 11.6. The molecule has 30 heavy (non-hydrogen) atoms. The van der Waals surface area contributed by atoms with Crippen LogP contribution >= 0.6 is 0 Å². The molecule has 0 spiro atoms. The van der Waals surface area contributed by atoms with Crippen molar-refractivity contribution >= 4 is 5.91 Å². The van der Waals surface area contributed by atoms with E-state index in [0.29, 0.717) is 23.4 Å². The van der Waals surface area contributed by atoms with E-state index in [0.717, 1.165) is 23.3 Å². The number of benzene rings is 2. The third kappa shape index (κ3) is 4.96. The third-order valence-electron chi connectivity index (χ3n) is 4.54. The lowest BCUT2D eigenvalue weighted by molar-refractivity contribution is -0.137. The van der Waals surface area contributed by atoms with Gasteiger partial charge in [-0.25, -0.2) is 0 Å². The van der Waals surface area contributed by atoms with Crippen molar-refractivity contribution in [1.82, 2.24) is 15.1 Å². The van der Waals surface area contributed by atoms with Crippen LogP contribution in [0.25, 0.3) is 22.4 Å². The van der Waals surface area contributed by atoms with Crippen LogP contribution in [-0.2, 0) is 24.1 Å². The van der Waals surface area contributed by atoms with Gasteiger partial charge in [0.25, 0.3) is 0 Å². The number of aromatic nitrogens is 2. The van der Waals surface area contributed by atoms with Crippen molar-refractivity contribution in [2.45, 2.75) is 19.3 Å². The second-order valence-corrected chi connectivity index (χ2v) is 6.56. The molecule has 5 nitrogen and oxygen atoms in total. The van der Waals surface area contributed by atoms with Gasteiger partial charge in [-0.3, -0.25) is 9.48 Å². The number of alkyl halides is 3. The molecule has 0 unspecified atom stereocenters. The van der Waals surface area contributed by atoms with Gasteiger partial charge in [0.1, 0.15) is 0 Å². The summed E-state index contributed by atoms with van der Waals surface area (Å²) in [6, 6.07) is 12.1. The van der Waals surface area contributed by atoms with Gasteiger partial charge in [-0.15, -0.1) is 0 Å². The van der Waals surface area contributed by atoms with Crippen molar-refractivity contribution in [2.75, 3.05) is 6.61 Å². The zero-order valence-corrected chi connectivity index (χ0v) is 16.0. The smallest absolute Gasteiger partial charge is 0.394 e. The lowest BCUT2D eigenvalue weighted by Crippen LogP contribution is -2.20. The van der Waals surface area contributed by atoms with Gasteiger partial charge >= 0.3 is 6.18 Å². The van der Waals surface area contributed by atoms with Crippen molar-refractivity contribution in [1.29, 1.82) is 0 Å². The van der Waals surface area contributed by atoms with Crippen LogP contribution in [0.5, 0.6) is 0 Å². The first kappa shape index (κ1) is 21.3. The molecular formula is C22H20F3N3O2. The van der Waals surface area contributed by atoms with Gasteiger partial charge in [0.2, 0.25) is 5.91 Å². The van der Waals surface area contributed by atoms with E-state index in [1.54, 1.807) is 29.1 Å². The van der Waals surface area contributed by atoms with Crippen LogP contribution in [0.3, 0.4) is 0 Å². The summed E-state index contributed by atoms with van der Waals surface area (Å²) >= 11 is 0. The Bertz CT molecular complexity index is 1040. The van der Waals surface area contributed by atoms with Gasteiger partial charge in [0, 0.05) is 18.3 Å². The summed E-state index contributed by atoms with van der Waals surface area (Å²) < 4.78 is 40.1. The number of halogens is 3. The fourth-order valence-corrected chi connectivity index (χ4v) is 2.99. The van der Waals surface area contributed by atoms with Gasteiger partial charge in [0.15, 0.2) is 0 Å². The topological polar surface area (TPSA) is 67.2 Å². The lowest BCUT2D eigenvalue weighted by atomic mass is 9.96. The fourth-order valence-electron chi connectivity index (χ4n) is 2.99. The Morgan fingerprint density at radius 3 is 2.47 bits per heavy atom. The van der Waals surface area contributed by atoms with E-state index >= 15 is 0 Å². The number of aliphatic hydroxyl groups excluding tert-OH is 1. The molecule has 1 heterocycles. The number of amides is 1. The predicted molar refractivity (Wildman–Crippen MR) is 107 cm³/mol. The fraction of sp³-hybridized carbons (Fsp3) is 0.182. The van der Waals surface area contributed by atoms with Crippen molar-refractivity contribution in [3.8, 4) is 22.4 Å². The molecule has 3 aromatic rings. The first-order valence-electron chi connectivity index (χ1n) is 9.17. The van der Waals surface area contributed by atoms with Crippen molar-refractivity contribution in [3.63, 3.8) is 0 Å². The van der Waals surface area contributed by atoms with Gasteiger partial charge < -0.3 is 10.4 Å². The van der Waals surface area contributed by atoms with Crippen LogP contribution in [0.4, 0.5) is 13.2 Å². The average Bonchev–Trinajstić information content (AvgIpc) is 3.20. The summed E-state index contributed by atoms with van der Waals surface area (Å²) in [6.45, 7) is 3.93. The minimum absolute atomic E-state index is 0.0606. The highest BCUT2D eigenvalue weighted by Crippen LogP contribution is 2.33. The van der Waals surface area contributed by atoms with Crippen LogP contribution in [-0.4, -0.2) is 27.4 Å². The number of nitrogens with one attached hydrogen (secondary N) is 1. The van der Waals surface area contributed by atoms with Crippen molar-refractivity contribution in [2.24, 2.45) is 0 Å². The molecule has 3 rings (SSSR count). The van der Waals surface area contributed by atoms with Gasteiger partial charge in [-0.2, -0.15) is 18.3 Å². The molecule has 2 aromatic carbocycles. The van der Waals surface area contributed by atoms with Crippen molar-refractivity contribution < 1.29 is 23.1 Å². The Labute approximate surface area is 171 Å². The highest BCUT2D eigenvalue weighted by molar-refractivity contribution is 5.87. The second-order valence-electron chi connectivity index (χ2n) is 6.56. The van der Waals surface area contributed by atoms with E-state index in [4.69, 9.17) is 5.11 Å². The van der Waals surface area contributed by atoms with E-state index in [9.17, 15) is 18.0 Å². The Kier molecular flexibility index (Phi) is 6.37. The highest BCUT2D eigenvalue weighted by Gasteiger charge is 2.30. The zero-order chi connectivity index (χ0) is 21.7. The standard InChI is InChI=1S/C22H20F3N3O2/c1-2-21(30)26-14-17-4-3-16(15-5-7-18(8-6-15)22(23,24)25)13-19(17)20-9-10-28(27-20)11-12-29/h2-10,13,29H,1,11-12,14H2,(H,26,30). The number of nitrogens with zero attached hydrogens (tertiary/aromatic N) is 2. The van der Waals surface area contributed by atoms with E-state index in [1.807, 2.05) is 6.07 Å². The molecule has 0 saturated carbocycles. The second kappa shape index (κ2) is 8.96. The monoisotopic (exact) mass is 415 g/mol. The van der Waals surface area contributed by atoms with Gasteiger partial charge in [-0.1, -0.05) is 30.8 Å². The molecule has 0 aliphatic rings. The number of aliphatic hydroxyl groups is 1. The van der Waals surface area contributed by atoms with Crippen molar-refractivity contribution in [3.05, 3.63) is 78.5 Å². The summed E-state index contributed by atoms with van der Waals surface area (Å²) in [6.07, 6.45) is -1.49. The largest absolute Gasteiger partial charge is 0.416 e. The van der Waals surface area contributed by atoms with Crippen LogP contribution < -0.4 is 5.32 Å². The molecule has 1 aromatic heterocycles. The van der Waals surface area contributed by atoms with Crippen LogP contribution in [0.1, 0.15) is 11.1 Å². The molecule has 0 aliphatic heterocycles. The van der Waals surface area contributed by atoms with E-state index in [-0.39, 0.29) is 19.1 Å². The maximum Gasteiger partial charge on any atom is 0.416 e. The quantitative estimate of drug-likeness (QED) is 0.573. The molecule has 0 fully saturated rings. The molecule has 0 bridgehead atoms. The lowest BCUT2D eigenvalue weighted by Gasteiger charge is -2.12. The summed E-state index contributed by atoms with van der Waals surface area (Å²) in [5.74, 6) is -0.321. The molecule has 1 amide bonds. The molecule has 156 valence electrons. The van der Waals surface area contributed by atoms with Crippen LogP contribution in [0.15, 0.2) is 67.4 Å². The minimum atomic E-state index is -4.39. The summed E-state index contributed by atoms with van der Waals surface area (Å²) in [5, 5.41) is 16.3. The molecule has 8 heteroatoms. The summed E-state index contributed by atoms with van der Waals surface area (Å²) in [5.41, 5.74) is 2.77. The van der Waals surface area contributed by atoms with Crippen LogP contribution in [0, 0.1) is 0 Å². The number of rotatable bonds is 7. The molecule has 0 saturated heterocycles. The summed E-state index contributed by atoms with van der Waals surface area (Å²) in [7, 11) is 0. The average molecular weight is 415 g/mol. The maximum atomic E-state index is 12.8. The number of carbonyl (C=O) groups excluding carboxylic acids is 1. The third-order valence-corrected chi connectivity index (χ3v) is 4.54. The SMILES string of the molecule is C=CC(=O)NCc1ccc(-c2ccc(C(F)(F)F)cc2)cc1-c1ccn(CCO)n1. The number of hydrogen-bond acceptors (Lipinski definition) is 3. The zero-order valence-electron chi connectivity index (χ0n) is 16.0. The van der Waals surface area contributed by atoms with E-state index in [1.165, 1.54) is 18.2 Å². The molecule has 0 aliphatic carbocycles. The van der Waals surface area contributed by atoms with Gasteiger partial charge in [-0.05, 0) is 47.0 Å². The Balaban J connectivity index is 1.99. The predicted octanol–water partition coefficient (Wildman–Crippen LogP) is 4.03. The van der Waals surface area contributed by atoms with Gasteiger partial charge in [0.05, 0.1) is 24.4 Å². The highest BCUT2D eigenvalue weighted by atomic mass is 19.4. The normalized spacial score (nSPS) is 11.3. The Morgan fingerprint density at radius 2 is 1.83 bits per heavy atom. The molecular weight excluding hydrogens is 395 g/mol. The maximum absolute atomic E-state index is 12.8. The Morgan fingerprint density at radius 1 is 1.13 bits per heavy atom.